The lowest BCUT2D eigenvalue weighted by atomic mass is 10.0. The first-order valence-electron chi connectivity index (χ1n) is 9.03. The van der Waals surface area contributed by atoms with Crippen molar-refractivity contribution in [3.8, 4) is 0 Å². The summed E-state index contributed by atoms with van der Waals surface area (Å²) in [5.41, 5.74) is 1.36. The molecule has 0 radical (unpaired) electrons. The molecule has 3 rings (SSSR count). The minimum atomic E-state index is -4.65. The Morgan fingerprint density at radius 2 is 1.93 bits per heavy atom. The Hall–Kier alpha value is -2.61. The minimum Gasteiger partial charge on any atom is -0.407 e. The third kappa shape index (κ3) is 4.70. The number of halogens is 4. The number of hydrogen-bond acceptors (Lipinski definition) is 4. The average molecular weight is 426 g/mol. The van der Waals surface area contributed by atoms with E-state index in [9.17, 15) is 18.0 Å². The molecule has 2 aromatic rings. The average Bonchev–Trinajstić information content (AvgIpc) is 3.10. The van der Waals surface area contributed by atoms with Gasteiger partial charge in [-0.15, -0.1) is 0 Å². The summed E-state index contributed by atoms with van der Waals surface area (Å²) in [6.07, 6.45) is 0.306. The highest BCUT2D eigenvalue weighted by Crippen LogP contribution is 2.33. The van der Waals surface area contributed by atoms with Crippen molar-refractivity contribution in [2.45, 2.75) is 45.7 Å². The number of hydrogen-bond donors (Lipinski definition) is 0. The molecule has 0 saturated carbocycles. The van der Waals surface area contributed by atoms with Gasteiger partial charge in [0.05, 0.1) is 5.69 Å². The van der Waals surface area contributed by atoms with E-state index in [4.69, 9.17) is 16.3 Å². The molecular weight excluding hydrogens is 407 g/mol. The molecule has 154 valence electrons. The number of allylic oxidation sites excluding steroid dienone is 2. The summed E-state index contributed by atoms with van der Waals surface area (Å²) in [4.78, 5) is 15.5. The highest BCUT2D eigenvalue weighted by molar-refractivity contribution is 6.30. The van der Waals surface area contributed by atoms with Gasteiger partial charge in [0.2, 0.25) is 5.90 Å². The summed E-state index contributed by atoms with van der Waals surface area (Å²) in [5.74, 6) is -0.261. The van der Waals surface area contributed by atoms with Crippen molar-refractivity contribution in [3.05, 3.63) is 51.8 Å². The van der Waals surface area contributed by atoms with Crippen LogP contribution in [0.4, 0.5) is 18.9 Å². The fourth-order valence-corrected chi connectivity index (χ4v) is 3.60. The molecule has 0 fully saturated rings. The third-order valence-corrected chi connectivity index (χ3v) is 4.81. The topological polar surface area (TPSA) is 56.5 Å². The fourth-order valence-electron chi connectivity index (χ4n) is 3.27. The fraction of sp³-hybridized carbons (Fsp3) is 0.350. The minimum absolute atomic E-state index is 0.0358. The largest absolute Gasteiger partial charge is 0.435 e. The molecule has 0 N–H and O–H groups in total. The van der Waals surface area contributed by atoms with E-state index in [1.54, 1.807) is 26.0 Å². The number of aliphatic imine (C=N–C) groups is 1. The van der Waals surface area contributed by atoms with Crippen molar-refractivity contribution in [2.24, 2.45) is 4.99 Å². The molecule has 0 atom stereocenters. The van der Waals surface area contributed by atoms with Gasteiger partial charge in [0.15, 0.2) is 5.69 Å². The van der Waals surface area contributed by atoms with Crippen molar-refractivity contribution in [2.75, 3.05) is 0 Å². The van der Waals surface area contributed by atoms with Crippen molar-refractivity contribution >= 4 is 35.4 Å². The van der Waals surface area contributed by atoms with Gasteiger partial charge in [-0.1, -0.05) is 17.7 Å². The highest BCUT2D eigenvalue weighted by atomic mass is 35.5. The van der Waals surface area contributed by atoms with E-state index >= 15 is 0 Å². The first kappa shape index (κ1) is 21.1. The van der Waals surface area contributed by atoms with Crippen LogP contribution in [0.1, 0.15) is 48.2 Å². The van der Waals surface area contributed by atoms with Crippen LogP contribution in [0, 0.1) is 13.8 Å². The first-order chi connectivity index (χ1) is 13.7. The van der Waals surface area contributed by atoms with Crippen molar-refractivity contribution < 1.29 is 22.7 Å². The number of rotatable bonds is 4. The third-order valence-electron chi connectivity index (χ3n) is 4.59. The van der Waals surface area contributed by atoms with Gasteiger partial charge in [-0.3, -0.25) is 4.79 Å². The van der Waals surface area contributed by atoms with Gasteiger partial charge >= 0.3 is 6.18 Å². The summed E-state index contributed by atoms with van der Waals surface area (Å²) in [7, 11) is 0. The summed E-state index contributed by atoms with van der Waals surface area (Å²) in [6, 6.07) is 4.19. The lowest BCUT2D eigenvalue weighted by Gasteiger charge is -2.16. The van der Waals surface area contributed by atoms with E-state index in [0.29, 0.717) is 34.0 Å². The van der Waals surface area contributed by atoms with Crippen LogP contribution in [0.5, 0.6) is 0 Å². The molecule has 0 unspecified atom stereocenters. The van der Waals surface area contributed by atoms with E-state index in [1.165, 1.54) is 4.68 Å². The summed E-state index contributed by atoms with van der Waals surface area (Å²) < 4.78 is 46.2. The molecule has 1 aromatic carbocycles. The molecule has 0 saturated heterocycles. The van der Waals surface area contributed by atoms with Crippen LogP contribution in [0.2, 0.25) is 5.02 Å². The Labute approximate surface area is 170 Å². The van der Waals surface area contributed by atoms with Crippen LogP contribution >= 0.6 is 11.6 Å². The van der Waals surface area contributed by atoms with E-state index < -0.39 is 11.9 Å². The van der Waals surface area contributed by atoms with Crippen LogP contribution in [0.15, 0.2) is 29.3 Å². The zero-order valence-corrected chi connectivity index (χ0v) is 16.6. The van der Waals surface area contributed by atoms with Crippen molar-refractivity contribution in [1.29, 1.82) is 0 Å². The SMILES string of the molecule is Cc1cc(Cl)cc(C)c1/N=C(\OC=O)c1cc(C(F)(F)F)nn1C1=CCCCC1. The van der Waals surface area contributed by atoms with Gasteiger partial charge in [0.25, 0.3) is 6.47 Å². The molecule has 1 aliphatic rings. The van der Waals surface area contributed by atoms with Crippen LogP contribution in [-0.2, 0) is 15.7 Å². The van der Waals surface area contributed by atoms with Crippen LogP contribution < -0.4 is 0 Å². The molecule has 0 aliphatic heterocycles. The van der Waals surface area contributed by atoms with Gasteiger partial charge < -0.3 is 4.74 Å². The lowest BCUT2D eigenvalue weighted by Crippen LogP contribution is -2.15. The zero-order valence-electron chi connectivity index (χ0n) is 15.9. The number of alkyl halides is 3. The van der Waals surface area contributed by atoms with Gasteiger partial charge in [0.1, 0.15) is 5.69 Å². The predicted molar refractivity (Wildman–Crippen MR) is 104 cm³/mol. The van der Waals surface area contributed by atoms with E-state index in [-0.39, 0.29) is 18.1 Å². The molecule has 1 aromatic heterocycles. The Kier molecular flexibility index (Phi) is 6.12. The van der Waals surface area contributed by atoms with Gasteiger partial charge in [-0.2, -0.15) is 18.3 Å². The lowest BCUT2D eigenvalue weighted by molar-refractivity contribution is -0.141. The highest BCUT2D eigenvalue weighted by Gasteiger charge is 2.36. The zero-order chi connectivity index (χ0) is 21.2. The first-order valence-corrected chi connectivity index (χ1v) is 9.41. The molecule has 1 aliphatic carbocycles. The number of nitrogens with zero attached hydrogens (tertiary/aromatic N) is 3. The predicted octanol–water partition coefficient (Wildman–Crippen LogP) is 5.84. The molecule has 0 spiro atoms. The second kappa shape index (κ2) is 8.41. The normalized spacial score (nSPS) is 15.2. The molecular formula is C20H19ClF3N3O2. The molecule has 0 bridgehead atoms. The number of carbonyl (C=O) groups is 1. The summed E-state index contributed by atoms with van der Waals surface area (Å²) >= 11 is 6.03. The monoisotopic (exact) mass is 425 g/mol. The summed E-state index contributed by atoms with van der Waals surface area (Å²) in [6.45, 7) is 3.66. The Morgan fingerprint density at radius 3 is 2.48 bits per heavy atom. The molecule has 9 heteroatoms. The molecule has 1 heterocycles. The molecule has 5 nitrogen and oxygen atoms in total. The van der Waals surface area contributed by atoms with Crippen molar-refractivity contribution in [1.82, 2.24) is 9.78 Å². The number of ether oxygens (including phenoxy) is 1. The molecule has 29 heavy (non-hydrogen) atoms. The summed E-state index contributed by atoms with van der Waals surface area (Å²) in [5, 5.41) is 4.24. The van der Waals surface area contributed by atoms with Gasteiger partial charge in [0, 0.05) is 16.8 Å². The molecule has 0 amide bonds. The van der Waals surface area contributed by atoms with E-state index in [2.05, 4.69) is 10.1 Å². The maximum Gasteiger partial charge on any atom is 0.435 e. The number of benzene rings is 1. The Bertz CT molecular complexity index is 970. The second-order valence-corrected chi connectivity index (χ2v) is 7.22. The maximum atomic E-state index is 13.3. The van der Waals surface area contributed by atoms with E-state index in [1.807, 2.05) is 6.08 Å². The second-order valence-electron chi connectivity index (χ2n) is 6.78. The standard InChI is InChI=1S/C20H19ClF3N3O2/c1-12-8-14(21)9-13(2)18(12)25-19(29-11-28)16-10-17(20(22,23)24)26-27(16)15-6-4-3-5-7-15/h6,8-11H,3-5,7H2,1-2H3/b25-19-. The Morgan fingerprint density at radius 1 is 1.24 bits per heavy atom. The van der Waals surface area contributed by atoms with Crippen LogP contribution in [0.25, 0.3) is 5.70 Å². The smallest absolute Gasteiger partial charge is 0.407 e. The van der Waals surface area contributed by atoms with E-state index in [0.717, 1.165) is 25.3 Å². The number of aromatic nitrogens is 2. The van der Waals surface area contributed by atoms with Crippen LogP contribution in [0.3, 0.4) is 0 Å². The number of aryl methyl sites for hydroxylation is 2. The quantitative estimate of drug-likeness (QED) is 0.351. The Balaban J connectivity index is 2.20. The van der Waals surface area contributed by atoms with Crippen LogP contribution in [-0.4, -0.2) is 22.2 Å². The van der Waals surface area contributed by atoms with Crippen molar-refractivity contribution in [3.63, 3.8) is 0 Å². The van der Waals surface area contributed by atoms with Gasteiger partial charge in [-0.05, 0) is 62.8 Å². The number of carbonyl (C=O) groups excluding carboxylic acids is 1. The maximum absolute atomic E-state index is 13.3. The van der Waals surface area contributed by atoms with Gasteiger partial charge in [-0.25, -0.2) is 9.67 Å².